The summed E-state index contributed by atoms with van der Waals surface area (Å²) in [5.74, 6) is 0.918. The third-order valence-corrected chi connectivity index (χ3v) is 8.57. The second kappa shape index (κ2) is 7.40. The number of rotatable bonds is 5. The van der Waals surface area contributed by atoms with Gasteiger partial charge in [0.15, 0.2) is 9.92 Å². The summed E-state index contributed by atoms with van der Waals surface area (Å²) in [6.07, 6.45) is 4.49. The molecule has 0 aliphatic heterocycles. The highest BCUT2D eigenvalue weighted by molar-refractivity contribution is 7.93. The van der Waals surface area contributed by atoms with E-state index in [1.54, 1.807) is 25.3 Å². The Morgan fingerprint density at radius 2 is 1.77 bits per heavy atom. The highest BCUT2D eigenvalue weighted by atomic mass is 32.2. The molecule has 2 aromatic heterocycles. The molecule has 1 unspecified atom stereocenters. The van der Waals surface area contributed by atoms with Gasteiger partial charge in [-0.2, -0.15) is 0 Å². The summed E-state index contributed by atoms with van der Waals surface area (Å²) in [5.41, 5.74) is 4.22. The molecule has 30 heavy (non-hydrogen) atoms. The van der Waals surface area contributed by atoms with Crippen LogP contribution in [0.1, 0.15) is 79.4 Å². The fourth-order valence-electron chi connectivity index (χ4n) is 3.62. The first-order valence-electron chi connectivity index (χ1n) is 10.2. The van der Waals surface area contributed by atoms with Crippen LogP contribution in [0.4, 0.5) is 10.5 Å². The van der Waals surface area contributed by atoms with Crippen LogP contribution in [0, 0.1) is 13.8 Å². The van der Waals surface area contributed by atoms with E-state index in [-0.39, 0.29) is 4.21 Å². The van der Waals surface area contributed by atoms with Gasteiger partial charge in [0, 0.05) is 23.2 Å². The Bertz CT molecular complexity index is 1100. The van der Waals surface area contributed by atoms with Crippen LogP contribution in [0.2, 0.25) is 0 Å². The van der Waals surface area contributed by atoms with Gasteiger partial charge in [-0.05, 0) is 81.5 Å². The second-order valence-electron chi connectivity index (χ2n) is 8.86. The zero-order chi connectivity index (χ0) is 21.8. The summed E-state index contributed by atoms with van der Waals surface area (Å²) < 4.78 is 17.0. The number of carbonyl (C=O) groups is 1. The molecule has 4 N–H and O–H groups in total. The number of nitrogens with two attached hydrogens (primary N) is 1. The summed E-state index contributed by atoms with van der Waals surface area (Å²) in [6, 6.07) is 0.810. The quantitative estimate of drug-likeness (QED) is 0.616. The van der Waals surface area contributed by atoms with Crippen molar-refractivity contribution >= 4 is 33.0 Å². The molecule has 4 rings (SSSR count). The standard InChI is InChI=1S/C21H28N4O3S2/c1-11-17(12(2)19(14-7-8-14)23-18(11)13-5-6-13)24-20(26)25-30(22,28)16-9-15(10-29-16)21(3,4)27/h9-10,13-14,27H,5-8H2,1-4H3,(H3,22,23,24,25,26,28). The maximum Gasteiger partial charge on any atom is 0.354 e. The number of anilines is 1. The van der Waals surface area contributed by atoms with Gasteiger partial charge in [0.25, 0.3) is 0 Å². The molecule has 162 valence electrons. The van der Waals surface area contributed by atoms with Crippen molar-refractivity contribution in [1.29, 1.82) is 0 Å². The highest BCUT2D eigenvalue weighted by Gasteiger charge is 2.34. The number of pyridine rings is 1. The van der Waals surface area contributed by atoms with E-state index >= 15 is 0 Å². The Labute approximate surface area is 181 Å². The van der Waals surface area contributed by atoms with E-state index in [0.29, 0.717) is 23.1 Å². The highest BCUT2D eigenvalue weighted by Crippen LogP contribution is 2.47. The van der Waals surface area contributed by atoms with E-state index < -0.39 is 21.5 Å². The summed E-state index contributed by atoms with van der Waals surface area (Å²) in [7, 11) is -3.42. The summed E-state index contributed by atoms with van der Waals surface area (Å²) in [6.45, 7) is 7.19. The maximum absolute atomic E-state index is 12.9. The molecule has 2 heterocycles. The number of amides is 2. The molecule has 2 amide bonds. The number of aliphatic hydroxyl groups is 1. The SMILES string of the molecule is Cc1c(C2CC2)nc(C2CC2)c(C)c1NC(=O)N=S(N)(=O)c1cc(C(C)(C)O)cs1. The smallest absolute Gasteiger partial charge is 0.354 e. The van der Waals surface area contributed by atoms with Crippen LogP contribution >= 0.6 is 11.3 Å². The van der Waals surface area contributed by atoms with E-state index in [1.165, 1.54) is 0 Å². The normalized spacial score (nSPS) is 18.7. The Hall–Kier alpha value is -1.81. The minimum atomic E-state index is -3.42. The number of thiophene rings is 1. The van der Waals surface area contributed by atoms with Crippen LogP contribution in [0.15, 0.2) is 20.0 Å². The molecule has 2 fully saturated rings. The first kappa shape index (κ1) is 21.4. The van der Waals surface area contributed by atoms with Gasteiger partial charge in [-0.3, -0.25) is 4.98 Å². The molecule has 2 saturated carbocycles. The van der Waals surface area contributed by atoms with E-state index in [4.69, 9.17) is 10.1 Å². The van der Waals surface area contributed by atoms with Crippen LogP contribution in [-0.4, -0.2) is 20.3 Å². The lowest BCUT2D eigenvalue weighted by Crippen LogP contribution is -2.19. The fraction of sp³-hybridized carbons (Fsp3) is 0.524. The Balaban J connectivity index is 1.65. The number of nitrogens with zero attached hydrogens (tertiary/aromatic N) is 2. The van der Waals surface area contributed by atoms with Crippen LogP contribution in [0.3, 0.4) is 0 Å². The number of nitrogens with one attached hydrogen (secondary N) is 1. The molecule has 0 saturated heterocycles. The van der Waals surface area contributed by atoms with Crippen molar-refractivity contribution in [3.63, 3.8) is 0 Å². The first-order chi connectivity index (χ1) is 14.0. The van der Waals surface area contributed by atoms with Crippen molar-refractivity contribution < 1.29 is 14.1 Å². The van der Waals surface area contributed by atoms with Gasteiger partial charge in [0.1, 0.15) is 4.21 Å². The van der Waals surface area contributed by atoms with Crippen molar-refractivity contribution in [3.8, 4) is 0 Å². The largest absolute Gasteiger partial charge is 0.386 e. The lowest BCUT2D eigenvalue weighted by atomic mass is 10.0. The Morgan fingerprint density at radius 3 is 2.20 bits per heavy atom. The Kier molecular flexibility index (Phi) is 5.29. The second-order valence-corrected chi connectivity index (χ2v) is 11.8. The predicted molar refractivity (Wildman–Crippen MR) is 119 cm³/mol. The zero-order valence-corrected chi connectivity index (χ0v) is 19.3. The van der Waals surface area contributed by atoms with Crippen molar-refractivity contribution in [2.24, 2.45) is 9.50 Å². The van der Waals surface area contributed by atoms with Gasteiger partial charge in [0.2, 0.25) is 0 Å². The fourth-order valence-corrected chi connectivity index (χ4v) is 5.90. The summed E-state index contributed by atoms with van der Waals surface area (Å²) in [5, 5.41) is 20.5. The van der Waals surface area contributed by atoms with Crippen LogP contribution in [0.25, 0.3) is 0 Å². The third-order valence-electron chi connectivity index (χ3n) is 5.71. The molecule has 9 heteroatoms. The van der Waals surface area contributed by atoms with E-state index in [1.807, 2.05) is 13.8 Å². The average Bonchev–Trinajstić information content (AvgIpc) is 3.56. The van der Waals surface area contributed by atoms with Gasteiger partial charge in [0.05, 0.1) is 11.3 Å². The lowest BCUT2D eigenvalue weighted by molar-refractivity contribution is 0.0789. The van der Waals surface area contributed by atoms with Gasteiger partial charge in [-0.1, -0.05) is 0 Å². The van der Waals surface area contributed by atoms with E-state index in [0.717, 1.165) is 59.5 Å². The topological polar surface area (TPSA) is 118 Å². The van der Waals surface area contributed by atoms with Gasteiger partial charge in [-0.25, -0.2) is 14.1 Å². The van der Waals surface area contributed by atoms with Gasteiger partial charge < -0.3 is 10.4 Å². The molecule has 0 aromatic carbocycles. The van der Waals surface area contributed by atoms with Crippen molar-refractivity contribution in [2.75, 3.05) is 5.32 Å². The van der Waals surface area contributed by atoms with Crippen LogP contribution in [-0.2, 0) is 15.5 Å². The average molecular weight is 449 g/mol. The molecule has 2 aromatic rings. The van der Waals surface area contributed by atoms with Crippen molar-refractivity contribution in [1.82, 2.24) is 4.98 Å². The van der Waals surface area contributed by atoms with Crippen LogP contribution in [0.5, 0.6) is 0 Å². The van der Waals surface area contributed by atoms with Crippen molar-refractivity contribution in [3.05, 3.63) is 39.5 Å². The zero-order valence-electron chi connectivity index (χ0n) is 17.7. The molecule has 0 spiro atoms. The number of hydrogen-bond donors (Lipinski definition) is 3. The molecular weight excluding hydrogens is 420 g/mol. The number of urea groups is 1. The van der Waals surface area contributed by atoms with Gasteiger partial charge >= 0.3 is 6.03 Å². The molecule has 2 aliphatic carbocycles. The van der Waals surface area contributed by atoms with E-state index in [2.05, 4.69) is 9.68 Å². The number of carbonyl (C=O) groups excluding carboxylic acids is 1. The molecule has 1 atom stereocenters. The van der Waals surface area contributed by atoms with Gasteiger partial charge in [-0.15, -0.1) is 15.7 Å². The number of aromatic nitrogens is 1. The summed E-state index contributed by atoms with van der Waals surface area (Å²) in [4.78, 5) is 17.6. The van der Waals surface area contributed by atoms with Crippen LogP contribution < -0.4 is 10.5 Å². The first-order valence-corrected chi connectivity index (χ1v) is 12.6. The minimum absolute atomic E-state index is 0.260. The molecule has 2 aliphatic rings. The van der Waals surface area contributed by atoms with Crippen molar-refractivity contribution in [2.45, 2.75) is 75.0 Å². The molecule has 0 radical (unpaired) electrons. The Morgan fingerprint density at radius 1 is 1.23 bits per heavy atom. The monoisotopic (exact) mass is 448 g/mol. The molecule has 0 bridgehead atoms. The van der Waals surface area contributed by atoms with E-state index in [9.17, 15) is 14.1 Å². The molecular formula is C21H28N4O3S2. The lowest BCUT2D eigenvalue weighted by Gasteiger charge is -2.17. The minimum Gasteiger partial charge on any atom is -0.386 e. The molecule has 7 nitrogen and oxygen atoms in total. The summed E-state index contributed by atoms with van der Waals surface area (Å²) >= 11 is 1.12. The predicted octanol–water partition coefficient (Wildman–Crippen LogP) is 4.67. The third kappa shape index (κ3) is 4.30. The maximum atomic E-state index is 12.9. The number of hydrogen-bond acceptors (Lipinski definition) is 5.